The lowest BCUT2D eigenvalue weighted by Gasteiger charge is -2.41. The quantitative estimate of drug-likeness (QED) is 0.700. The minimum absolute atomic E-state index is 0.801. The van der Waals surface area contributed by atoms with Crippen molar-refractivity contribution < 1.29 is 0 Å². The number of aromatic nitrogens is 2. The molecule has 1 aromatic rings. The fraction of sp³-hybridized carbons (Fsp3) is 0.727. The number of H-pyrrole nitrogens is 1. The van der Waals surface area contributed by atoms with Gasteiger partial charge in [-0.05, 0) is 31.1 Å². The van der Waals surface area contributed by atoms with Crippen LogP contribution in [0.5, 0.6) is 0 Å². The van der Waals surface area contributed by atoms with Crippen LogP contribution in [0.2, 0.25) is 0 Å². The summed E-state index contributed by atoms with van der Waals surface area (Å²) in [5, 5.41) is 0. The van der Waals surface area contributed by atoms with Crippen molar-refractivity contribution in [3.63, 3.8) is 0 Å². The first-order valence-corrected chi connectivity index (χ1v) is 5.42. The van der Waals surface area contributed by atoms with Gasteiger partial charge in [-0.2, -0.15) is 0 Å². The van der Waals surface area contributed by atoms with Crippen LogP contribution >= 0.6 is 0 Å². The minimum Gasteiger partial charge on any atom is -0.348 e. The predicted octanol–water partition coefficient (Wildman–Crippen LogP) is 2.70. The Morgan fingerprint density at radius 1 is 1.23 bits per heavy atom. The van der Waals surface area contributed by atoms with Gasteiger partial charge in [0.15, 0.2) is 0 Å². The number of aromatic amines is 1. The molecule has 1 heterocycles. The Kier molecular flexibility index (Phi) is 1.67. The number of nitrogens with one attached hydrogen (secondary N) is 1. The Morgan fingerprint density at radius 3 is 2.62 bits per heavy atom. The molecule has 0 spiro atoms. The molecule has 1 atom stereocenters. The molecule has 2 heteroatoms. The van der Waals surface area contributed by atoms with E-state index in [9.17, 15) is 0 Å². The molecule has 0 saturated heterocycles. The molecule has 1 aromatic heterocycles. The van der Waals surface area contributed by atoms with Crippen LogP contribution in [0.3, 0.4) is 0 Å². The summed E-state index contributed by atoms with van der Waals surface area (Å²) in [6.45, 7) is 0. The average molecular weight is 176 g/mol. The molecule has 70 valence electrons. The maximum atomic E-state index is 4.13. The zero-order valence-corrected chi connectivity index (χ0v) is 7.87. The highest BCUT2D eigenvalue weighted by Gasteiger charge is 2.36. The Morgan fingerprint density at radius 2 is 2.08 bits per heavy atom. The van der Waals surface area contributed by atoms with E-state index in [1.165, 1.54) is 37.8 Å². The normalized spacial score (nSPS) is 38.0. The molecule has 2 bridgehead atoms. The molecular formula is C11H16N2. The van der Waals surface area contributed by atoms with Crippen LogP contribution in [-0.2, 0) is 0 Å². The van der Waals surface area contributed by atoms with E-state index in [4.69, 9.17) is 0 Å². The molecule has 3 aliphatic rings. The van der Waals surface area contributed by atoms with E-state index in [1.54, 1.807) is 0 Å². The van der Waals surface area contributed by atoms with Gasteiger partial charge in [-0.1, -0.05) is 12.8 Å². The molecule has 3 fully saturated rings. The summed E-state index contributed by atoms with van der Waals surface area (Å²) in [5.74, 6) is 2.76. The Balaban J connectivity index is 1.85. The van der Waals surface area contributed by atoms with Crippen LogP contribution in [0.1, 0.15) is 43.7 Å². The van der Waals surface area contributed by atoms with Crippen molar-refractivity contribution in [2.24, 2.45) is 11.8 Å². The Bertz CT molecular complexity index is 270. The summed E-state index contributed by atoms with van der Waals surface area (Å²) in [7, 11) is 0. The third kappa shape index (κ3) is 1.19. The first-order valence-electron chi connectivity index (χ1n) is 5.42. The third-order valence-corrected chi connectivity index (χ3v) is 3.97. The van der Waals surface area contributed by atoms with Crippen LogP contribution in [-0.4, -0.2) is 9.97 Å². The SMILES string of the molecule is c1ncc(C2CC3CCC2CC3)[nH]1. The van der Waals surface area contributed by atoms with Crippen molar-refractivity contribution in [1.82, 2.24) is 9.97 Å². The van der Waals surface area contributed by atoms with Gasteiger partial charge >= 0.3 is 0 Å². The summed E-state index contributed by atoms with van der Waals surface area (Å²) in [6, 6.07) is 0. The largest absolute Gasteiger partial charge is 0.348 e. The highest BCUT2D eigenvalue weighted by Crippen LogP contribution is 2.48. The molecule has 0 radical (unpaired) electrons. The summed E-state index contributed by atoms with van der Waals surface area (Å²) >= 11 is 0. The maximum absolute atomic E-state index is 4.13. The molecule has 3 aliphatic carbocycles. The molecule has 13 heavy (non-hydrogen) atoms. The van der Waals surface area contributed by atoms with E-state index >= 15 is 0 Å². The number of rotatable bonds is 1. The van der Waals surface area contributed by atoms with Gasteiger partial charge in [0, 0.05) is 17.8 Å². The minimum atomic E-state index is 0.801. The fourth-order valence-electron chi connectivity index (χ4n) is 3.23. The van der Waals surface area contributed by atoms with E-state index in [1.807, 2.05) is 12.5 Å². The van der Waals surface area contributed by atoms with Crippen molar-refractivity contribution in [2.75, 3.05) is 0 Å². The summed E-state index contributed by atoms with van der Waals surface area (Å²) in [6.07, 6.45) is 11.1. The zero-order valence-electron chi connectivity index (χ0n) is 7.87. The maximum Gasteiger partial charge on any atom is 0.0921 e. The Hall–Kier alpha value is -0.790. The molecule has 0 aromatic carbocycles. The van der Waals surface area contributed by atoms with Gasteiger partial charge in [0.25, 0.3) is 0 Å². The van der Waals surface area contributed by atoms with Crippen molar-refractivity contribution in [3.05, 3.63) is 18.2 Å². The summed E-state index contributed by atoms with van der Waals surface area (Å²) in [5.41, 5.74) is 1.38. The first kappa shape index (κ1) is 7.60. The lowest BCUT2D eigenvalue weighted by atomic mass is 9.64. The van der Waals surface area contributed by atoms with Crippen LogP contribution < -0.4 is 0 Å². The van der Waals surface area contributed by atoms with E-state index in [0.29, 0.717) is 0 Å². The van der Waals surface area contributed by atoms with Gasteiger partial charge in [0.05, 0.1) is 6.33 Å². The molecule has 2 nitrogen and oxygen atoms in total. The zero-order chi connectivity index (χ0) is 8.67. The standard InChI is InChI=1S/C11H16N2/c1-3-9-4-2-8(1)5-10(9)11-6-12-7-13-11/h6-10H,1-5H2,(H,12,13). The highest BCUT2D eigenvalue weighted by atomic mass is 14.9. The van der Waals surface area contributed by atoms with E-state index in [-0.39, 0.29) is 0 Å². The second-order valence-corrected chi connectivity index (χ2v) is 4.63. The second-order valence-electron chi connectivity index (χ2n) is 4.63. The topological polar surface area (TPSA) is 28.7 Å². The summed E-state index contributed by atoms with van der Waals surface area (Å²) in [4.78, 5) is 7.41. The molecule has 3 saturated carbocycles. The molecule has 1 N–H and O–H groups in total. The lowest BCUT2D eigenvalue weighted by Crippen LogP contribution is -2.29. The van der Waals surface area contributed by atoms with E-state index < -0.39 is 0 Å². The number of hydrogen-bond donors (Lipinski definition) is 1. The smallest absolute Gasteiger partial charge is 0.0921 e. The molecule has 4 rings (SSSR count). The van der Waals surface area contributed by atoms with Gasteiger partial charge in [-0.25, -0.2) is 4.98 Å². The van der Waals surface area contributed by atoms with Crippen LogP contribution in [0, 0.1) is 11.8 Å². The van der Waals surface area contributed by atoms with Gasteiger partial charge in [0.2, 0.25) is 0 Å². The second kappa shape index (κ2) is 2.86. The van der Waals surface area contributed by atoms with Gasteiger partial charge in [0.1, 0.15) is 0 Å². The van der Waals surface area contributed by atoms with Crippen LogP contribution in [0.4, 0.5) is 0 Å². The third-order valence-electron chi connectivity index (χ3n) is 3.97. The number of fused-ring (bicyclic) bond motifs is 3. The molecular weight excluding hydrogens is 160 g/mol. The molecule has 1 unspecified atom stereocenters. The predicted molar refractivity (Wildman–Crippen MR) is 51.4 cm³/mol. The van der Waals surface area contributed by atoms with Crippen molar-refractivity contribution in [2.45, 2.75) is 38.0 Å². The van der Waals surface area contributed by atoms with E-state index in [0.717, 1.165) is 17.8 Å². The first-order chi connectivity index (χ1) is 6.43. The van der Waals surface area contributed by atoms with Crippen LogP contribution in [0.25, 0.3) is 0 Å². The Labute approximate surface area is 78.8 Å². The van der Waals surface area contributed by atoms with Crippen molar-refractivity contribution in [1.29, 1.82) is 0 Å². The lowest BCUT2D eigenvalue weighted by molar-refractivity contribution is 0.143. The van der Waals surface area contributed by atoms with Crippen LogP contribution in [0.15, 0.2) is 12.5 Å². The van der Waals surface area contributed by atoms with Gasteiger partial charge in [-0.15, -0.1) is 0 Å². The molecule has 0 aliphatic heterocycles. The number of hydrogen-bond acceptors (Lipinski definition) is 1. The van der Waals surface area contributed by atoms with Crippen molar-refractivity contribution >= 4 is 0 Å². The molecule has 0 amide bonds. The van der Waals surface area contributed by atoms with Crippen molar-refractivity contribution in [3.8, 4) is 0 Å². The fourth-order valence-corrected chi connectivity index (χ4v) is 3.23. The number of imidazole rings is 1. The average Bonchev–Trinajstić information content (AvgIpc) is 2.72. The van der Waals surface area contributed by atoms with Gasteiger partial charge in [-0.3, -0.25) is 0 Å². The highest BCUT2D eigenvalue weighted by molar-refractivity contribution is 5.09. The monoisotopic (exact) mass is 176 g/mol. The van der Waals surface area contributed by atoms with E-state index in [2.05, 4.69) is 9.97 Å². The summed E-state index contributed by atoms with van der Waals surface area (Å²) < 4.78 is 0. The van der Waals surface area contributed by atoms with Gasteiger partial charge < -0.3 is 4.98 Å². The number of nitrogens with zero attached hydrogens (tertiary/aromatic N) is 1.